The van der Waals surface area contributed by atoms with Crippen LogP contribution >= 0.6 is 0 Å². The van der Waals surface area contributed by atoms with E-state index in [4.69, 9.17) is 9.47 Å². The molecule has 0 spiro atoms. The molecule has 2 rings (SSSR count). The number of anilines is 1. The summed E-state index contributed by atoms with van der Waals surface area (Å²) in [6.45, 7) is 0. The molecule has 0 aliphatic rings. The summed E-state index contributed by atoms with van der Waals surface area (Å²) in [5.41, 5.74) is 0.800. The minimum Gasteiger partial charge on any atom is -0.496 e. The molecule has 16 heavy (non-hydrogen) atoms. The molecule has 4 heteroatoms. The van der Waals surface area contributed by atoms with Crippen LogP contribution in [0.1, 0.15) is 0 Å². The third-order valence-electron chi connectivity index (χ3n) is 2.48. The molecule has 2 aromatic rings. The lowest BCUT2D eigenvalue weighted by atomic mass is 10.2. The highest BCUT2D eigenvalue weighted by atomic mass is 16.5. The lowest BCUT2D eigenvalue weighted by molar-refractivity contribution is 0.410. The molecule has 1 aromatic heterocycles. The van der Waals surface area contributed by atoms with Crippen LogP contribution < -0.4 is 14.8 Å². The normalized spacial score (nSPS) is 10.2. The number of rotatable bonds is 3. The van der Waals surface area contributed by atoms with Crippen molar-refractivity contribution < 1.29 is 9.47 Å². The molecule has 4 nitrogen and oxygen atoms in total. The zero-order valence-corrected chi connectivity index (χ0v) is 9.57. The van der Waals surface area contributed by atoms with Gasteiger partial charge < -0.3 is 14.8 Å². The van der Waals surface area contributed by atoms with Gasteiger partial charge in [0.1, 0.15) is 22.8 Å². The summed E-state index contributed by atoms with van der Waals surface area (Å²) < 4.78 is 10.6. The van der Waals surface area contributed by atoms with Crippen LogP contribution in [0, 0.1) is 0 Å². The molecule has 1 aromatic carbocycles. The second-order valence-corrected chi connectivity index (χ2v) is 3.31. The summed E-state index contributed by atoms with van der Waals surface area (Å²) in [6.07, 6.45) is 0. The average molecular weight is 218 g/mol. The number of nitrogens with zero attached hydrogens (tertiary/aromatic N) is 1. The molecule has 0 aliphatic carbocycles. The zero-order valence-electron chi connectivity index (χ0n) is 9.57. The number of hydrogen-bond donors (Lipinski definition) is 1. The average Bonchev–Trinajstić information content (AvgIpc) is 2.36. The van der Waals surface area contributed by atoms with Crippen LogP contribution in [-0.4, -0.2) is 26.3 Å². The SMILES string of the molecule is CNc1ccc2c(OC)ccc(OC)c2n1. The zero-order chi connectivity index (χ0) is 11.5. The molecule has 1 heterocycles. The molecular formula is C12H14N2O2. The maximum atomic E-state index is 5.28. The van der Waals surface area contributed by atoms with Crippen molar-refractivity contribution in [1.29, 1.82) is 0 Å². The van der Waals surface area contributed by atoms with E-state index in [0.29, 0.717) is 0 Å². The molecule has 84 valence electrons. The van der Waals surface area contributed by atoms with E-state index in [1.54, 1.807) is 14.2 Å². The summed E-state index contributed by atoms with van der Waals surface area (Å²) in [5, 5.41) is 3.95. The number of benzene rings is 1. The molecule has 0 radical (unpaired) electrons. The van der Waals surface area contributed by atoms with Gasteiger partial charge in [0.15, 0.2) is 0 Å². The number of aromatic nitrogens is 1. The lowest BCUT2D eigenvalue weighted by Gasteiger charge is -2.10. The van der Waals surface area contributed by atoms with Crippen molar-refractivity contribution in [2.45, 2.75) is 0 Å². The Morgan fingerprint density at radius 1 is 1.00 bits per heavy atom. The Bertz CT molecular complexity index is 512. The van der Waals surface area contributed by atoms with Gasteiger partial charge in [-0.05, 0) is 24.3 Å². The first kappa shape index (κ1) is 10.5. The van der Waals surface area contributed by atoms with E-state index in [1.165, 1.54) is 0 Å². The first-order valence-electron chi connectivity index (χ1n) is 4.99. The maximum absolute atomic E-state index is 5.28. The Morgan fingerprint density at radius 3 is 2.31 bits per heavy atom. The first-order chi connectivity index (χ1) is 7.80. The predicted molar refractivity (Wildman–Crippen MR) is 64.4 cm³/mol. The standard InChI is InChI=1S/C12H14N2O2/c1-13-11-7-4-8-9(15-2)5-6-10(16-3)12(8)14-11/h4-7H,1-3H3,(H,13,14). The van der Waals surface area contributed by atoms with E-state index in [2.05, 4.69) is 10.3 Å². The van der Waals surface area contributed by atoms with Crippen LogP contribution in [0.5, 0.6) is 11.5 Å². The number of fused-ring (bicyclic) bond motifs is 1. The van der Waals surface area contributed by atoms with Gasteiger partial charge in [-0.25, -0.2) is 4.98 Å². The molecular weight excluding hydrogens is 204 g/mol. The second-order valence-electron chi connectivity index (χ2n) is 3.31. The molecule has 0 saturated carbocycles. The minimum atomic E-state index is 0.743. The lowest BCUT2D eigenvalue weighted by Crippen LogP contribution is -1.95. The van der Waals surface area contributed by atoms with Crippen molar-refractivity contribution in [3.63, 3.8) is 0 Å². The summed E-state index contributed by atoms with van der Waals surface area (Å²) in [7, 11) is 5.11. The first-order valence-corrected chi connectivity index (χ1v) is 4.99. The van der Waals surface area contributed by atoms with Crippen LogP contribution in [-0.2, 0) is 0 Å². The van der Waals surface area contributed by atoms with Crippen LogP contribution in [0.15, 0.2) is 24.3 Å². The van der Waals surface area contributed by atoms with Gasteiger partial charge in [0, 0.05) is 12.4 Å². The number of methoxy groups -OCH3 is 2. The summed E-state index contributed by atoms with van der Waals surface area (Å²) >= 11 is 0. The van der Waals surface area contributed by atoms with E-state index in [9.17, 15) is 0 Å². The fourth-order valence-electron chi connectivity index (χ4n) is 1.65. The quantitative estimate of drug-likeness (QED) is 0.858. The van der Waals surface area contributed by atoms with Crippen LogP contribution in [0.4, 0.5) is 5.82 Å². The summed E-state index contributed by atoms with van der Waals surface area (Å²) in [4.78, 5) is 4.46. The third-order valence-corrected chi connectivity index (χ3v) is 2.48. The van der Waals surface area contributed by atoms with Crippen molar-refractivity contribution in [3.8, 4) is 11.5 Å². The van der Waals surface area contributed by atoms with Gasteiger partial charge in [-0.3, -0.25) is 0 Å². The highest BCUT2D eigenvalue weighted by Gasteiger charge is 2.08. The summed E-state index contributed by atoms with van der Waals surface area (Å²) in [5.74, 6) is 2.35. The molecule has 0 atom stereocenters. The second kappa shape index (κ2) is 4.26. The molecule has 0 saturated heterocycles. The van der Waals surface area contributed by atoms with Gasteiger partial charge in [0.25, 0.3) is 0 Å². The molecule has 0 unspecified atom stereocenters. The topological polar surface area (TPSA) is 43.4 Å². The van der Waals surface area contributed by atoms with E-state index in [0.717, 1.165) is 28.2 Å². The van der Waals surface area contributed by atoms with Crippen LogP contribution in [0.25, 0.3) is 10.9 Å². The van der Waals surface area contributed by atoms with Gasteiger partial charge in [0.05, 0.1) is 14.2 Å². The number of hydrogen-bond acceptors (Lipinski definition) is 4. The number of nitrogens with one attached hydrogen (secondary N) is 1. The van der Waals surface area contributed by atoms with Crippen molar-refractivity contribution in [3.05, 3.63) is 24.3 Å². The maximum Gasteiger partial charge on any atom is 0.145 e. The summed E-state index contributed by atoms with van der Waals surface area (Å²) in [6, 6.07) is 7.61. The van der Waals surface area contributed by atoms with Crippen molar-refractivity contribution >= 4 is 16.7 Å². The van der Waals surface area contributed by atoms with Gasteiger partial charge in [-0.15, -0.1) is 0 Å². The molecule has 0 bridgehead atoms. The molecule has 1 N–H and O–H groups in total. The van der Waals surface area contributed by atoms with Crippen LogP contribution in [0.2, 0.25) is 0 Å². The highest BCUT2D eigenvalue weighted by Crippen LogP contribution is 2.32. The van der Waals surface area contributed by atoms with Crippen molar-refractivity contribution in [2.75, 3.05) is 26.6 Å². The van der Waals surface area contributed by atoms with Crippen molar-refractivity contribution in [2.24, 2.45) is 0 Å². The smallest absolute Gasteiger partial charge is 0.145 e. The Hall–Kier alpha value is -1.97. The molecule has 0 amide bonds. The number of ether oxygens (including phenoxy) is 2. The Labute approximate surface area is 94.2 Å². The van der Waals surface area contributed by atoms with E-state index >= 15 is 0 Å². The fraction of sp³-hybridized carbons (Fsp3) is 0.250. The Balaban J connectivity index is 2.74. The Kier molecular flexibility index (Phi) is 2.81. The highest BCUT2D eigenvalue weighted by molar-refractivity contribution is 5.91. The largest absolute Gasteiger partial charge is 0.496 e. The van der Waals surface area contributed by atoms with E-state index in [-0.39, 0.29) is 0 Å². The molecule has 0 fully saturated rings. The van der Waals surface area contributed by atoms with Gasteiger partial charge in [-0.1, -0.05) is 0 Å². The van der Waals surface area contributed by atoms with Crippen LogP contribution in [0.3, 0.4) is 0 Å². The van der Waals surface area contributed by atoms with E-state index in [1.807, 2.05) is 31.3 Å². The minimum absolute atomic E-state index is 0.743. The fourth-order valence-corrected chi connectivity index (χ4v) is 1.65. The number of pyridine rings is 1. The van der Waals surface area contributed by atoms with E-state index < -0.39 is 0 Å². The third kappa shape index (κ3) is 1.62. The van der Waals surface area contributed by atoms with Crippen molar-refractivity contribution in [1.82, 2.24) is 4.98 Å². The van der Waals surface area contributed by atoms with Gasteiger partial charge in [0.2, 0.25) is 0 Å². The van der Waals surface area contributed by atoms with Gasteiger partial charge in [-0.2, -0.15) is 0 Å². The predicted octanol–water partition coefficient (Wildman–Crippen LogP) is 2.29. The van der Waals surface area contributed by atoms with Gasteiger partial charge >= 0.3 is 0 Å². The molecule has 0 aliphatic heterocycles. The Morgan fingerprint density at radius 2 is 1.69 bits per heavy atom. The monoisotopic (exact) mass is 218 g/mol.